The lowest BCUT2D eigenvalue weighted by Gasteiger charge is -2.16. The summed E-state index contributed by atoms with van der Waals surface area (Å²) in [5.41, 5.74) is 3.51. The van der Waals surface area contributed by atoms with Gasteiger partial charge in [0.05, 0.1) is 34.0 Å². The van der Waals surface area contributed by atoms with Crippen LogP contribution in [0.15, 0.2) is 47.5 Å². The first kappa shape index (κ1) is 16.5. The number of pyridine rings is 1. The minimum atomic E-state index is -3.30. The Morgan fingerprint density at radius 3 is 2.81 bits per heavy atom. The van der Waals surface area contributed by atoms with Crippen LogP contribution in [0.25, 0.3) is 10.9 Å². The number of para-hydroxylation sites is 1. The van der Waals surface area contributed by atoms with E-state index in [9.17, 15) is 18.8 Å². The summed E-state index contributed by atoms with van der Waals surface area (Å²) in [6.45, 7) is -0.152. The molecule has 1 aromatic heterocycles. The summed E-state index contributed by atoms with van der Waals surface area (Å²) in [5.74, 6) is 0.0604. The van der Waals surface area contributed by atoms with Gasteiger partial charge in [-0.25, -0.2) is 8.42 Å². The van der Waals surface area contributed by atoms with Gasteiger partial charge in [-0.2, -0.15) is 5.26 Å². The second-order valence-electron chi connectivity index (χ2n) is 6.10. The highest BCUT2D eigenvalue weighted by Crippen LogP contribution is 2.38. The van der Waals surface area contributed by atoms with E-state index in [0.29, 0.717) is 50.3 Å². The van der Waals surface area contributed by atoms with Crippen LogP contribution in [0.2, 0.25) is 0 Å². The molecule has 26 heavy (non-hydrogen) atoms. The molecule has 4 rings (SSSR count). The van der Waals surface area contributed by atoms with Gasteiger partial charge in [-0.05, 0) is 30.2 Å². The Hall–Kier alpha value is -2.95. The van der Waals surface area contributed by atoms with Crippen molar-refractivity contribution in [2.75, 3.05) is 11.1 Å². The van der Waals surface area contributed by atoms with E-state index in [1.165, 1.54) is 6.20 Å². The summed E-state index contributed by atoms with van der Waals surface area (Å²) < 4.78 is 24.6. The van der Waals surface area contributed by atoms with Gasteiger partial charge in [-0.15, -0.1) is 0 Å². The quantitative estimate of drug-likeness (QED) is 0.740. The van der Waals surface area contributed by atoms with E-state index in [1.807, 2.05) is 12.1 Å². The topological polar surface area (TPSA) is 103 Å². The highest BCUT2D eigenvalue weighted by Gasteiger charge is 2.29. The summed E-state index contributed by atoms with van der Waals surface area (Å²) in [7, 11) is -3.30. The van der Waals surface area contributed by atoms with Crippen LogP contribution in [-0.4, -0.2) is 24.3 Å². The van der Waals surface area contributed by atoms with Crippen LogP contribution in [0.1, 0.15) is 16.7 Å². The molecule has 0 bridgehead atoms. The molecule has 0 saturated carbocycles. The average Bonchev–Trinajstić information content (AvgIpc) is 2.97. The Morgan fingerprint density at radius 2 is 2.04 bits per heavy atom. The number of nitrogens with zero attached hydrogens (tertiary/aromatic N) is 2. The van der Waals surface area contributed by atoms with E-state index in [0.717, 1.165) is 0 Å². The number of sulfone groups is 1. The fourth-order valence-electron chi connectivity index (χ4n) is 3.35. The minimum Gasteiger partial charge on any atom is -0.392 e. The number of hydrogen-bond acceptors (Lipinski definition) is 6. The Labute approximate surface area is 150 Å². The molecule has 0 spiro atoms. The number of hydrogen-bond donors (Lipinski definition) is 2. The summed E-state index contributed by atoms with van der Waals surface area (Å²) in [5, 5.41) is 23.0. The zero-order valence-corrected chi connectivity index (χ0v) is 14.5. The number of benzene rings is 2. The number of nitrogens with one attached hydrogen (secondary N) is 1. The van der Waals surface area contributed by atoms with Crippen LogP contribution >= 0.6 is 0 Å². The lowest BCUT2D eigenvalue weighted by atomic mass is 10.0. The van der Waals surface area contributed by atoms with Gasteiger partial charge in [0, 0.05) is 22.8 Å². The lowest BCUT2D eigenvalue weighted by Crippen LogP contribution is -2.02. The zero-order valence-electron chi connectivity index (χ0n) is 13.7. The third kappa shape index (κ3) is 2.51. The van der Waals surface area contributed by atoms with Crippen molar-refractivity contribution in [3.8, 4) is 6.07 Å². The number of fused-ring (bicyclic) bond motifs is 3. The van der Waals surface area contributed by atoms with Gasteiger partial charge in [0.15, 0.2) is 9.84 Å². The van der Waals surface area contributed by atoms with Gasteiger partial charge < -0.3 is 10.4 Å². The summed E-state index contributed by atoms with van der Waals surface area (Å²) in [4.78, 5) is 4.62. The molecular weight excluding hydrogens is 350 g/mol. The van der Waals surface area contributed by atoms with Crippen LogP contribution < -0.4 is 5.32 Å². The fraction of sp³-hybridized carbons (Fsp3) is 0.158. The molecule has 0 amide bonds. The molecule has 2 N–H and O–H groups in total. The molecule has 0 radical (unpaired) electrons. The van der Waals surface area contributed by atoms with Gasteiger partial charge in [-0.1, -0.05) is 18.2 Å². The molecule has 0 saturated heterocycles. The van der Waals surface area contributed by atoms with Crippen LogP contribution in [0.4, 0.5) is 11.4 Å². The predicted octanol–water partition coefficient (Wildman–Crippen LogP) is 2.67. The number of nitriles is 1. The fourth-order valence-corrected chi connectivity index (χ4v) is 4.90. The maximum Gasteiger partial charge on any atom is 0.179 e. The Balaban J connectivity index is 2.02. The molecule has 0 unspecified atom stereocenters. The van der Waals surface area contributed by atoms with Crippen LogP contribution in [0, 0.1) is 11.3 Å². The molecule has 0 aliphatic carbocycles. The number of rotatable bonds is 3. The normalized spacial score (nSPS) is 14.8. The first-order chi connectivity index (χ1) is 12.5. The molecule has 130 valence electrons. The van der Waals surface area contributed by atoms with Crippen molar-refractivity contribution < 1.29 is 13.5 Å². The van der Waals surface area contributed by atoms with Gasteiger partial charge in [0.2, 0.25) is 0 Å². The van der Waals surface area contributed by atoms with Crippen molar-refractivity contribution in [3.05, 3.63) is 59.3 Å². The van der Waals surface area contributed by atoms with Crippen molar-refractivity contribution in [1.82, 2.24) is 4.98 Å². The molecule has 1 aliphatic rings. The van der Waals surface area contributed by atoms with E-state index in [2.05, 4.69) is 16.4 Å². The first-order valence-corrected chi connectivity index (χ1v) is 9.73. The third-order valence-corrected chi connectivity index (χ3v) is 6.42. The summed E-state index contributed by atoms with van der Waals surface area (Å²) in [6, 6.07) is 12.6. The molecule has 2 aromatic carbocycles. The van der Waals surface area contributed by atoms with Gasteiger partial charge >= 0.3 is 0 Å². The van der Waals surface area contributed by atoms with E-state index in [-0.39, 0.29) is 12.4 Å². The number of anilines is 2. The second kappa shape index (κ2) is 6.09. The highest BCUT2D eigenvalue weighted by atomic mass is 32.2. The molecule has 7 heteroatoms. The van der Waals surface area contributed by atoms with Gasteiger partial charge in [0.25, 0.3) is 0 Å². The van der Waals surface area contributed by atoms with Crippen LogP contribution in [-0.2, 0) is 22.9 Å². The molecular formula is C19H15N3O3S. The van der Waals surface area contributed by atoms with E-state index in [1.54, 1.807) is 24.3 Å². The highest BCUT2D eigenvalue weighted by molar-refractivity contribution is 7.91. The van der Waals surface area contributed by atoms with Crippen LogP contribution in [0.3, 0.4) is 0 Å². The molecule has 1 aliphatic heterocycles. The van der Waals surface area contributed by atoms with Gasteiger partial charge in [-0.3, -0.25) is 4.98 Å². The Kier molecular flexibility index (Phi) is 3.87. The maximum atomic E-state index is 12.3. The summed E-state index contributed by atoms with van der Waals surface area (Å²) in [6.07, 6.45) is 1.87. The average molecular weight is 365 g/mol. The Bertz CT molecular complexity index is 1180. The molecule has 0 atom stereocenters. The number of aliphatic hydroxyl groups excluding tert-OH is 1. The smallest absolute Gasteiger partial charge is 0.179 e. The van der Waals surface area contributed by atoms with Crippen LogP contribution in [0.5, 0.6) is 0 Å². The number of aryl methyl sites for hydroxylation is 1. The number of aromatic nitrogens is 1. The van der Waals surface area contributed by atoms with E-state index in [4.69, 9.17) is 0 Å². The minimum absolute atomic E-state index is 0.0604. The van der Waals surface area contributed by atoms with Crippen molar-refractivity contribution in [3.63, 3.8) is 0 Å². The van der Waals surface area contributed by atoms with E-state index >= 15 is 0 Å². The zero-order chi connectivity index (χ0) is 18.3. The van der Waals surface area contributed by atoms with Crippen molar-refractivity contribution in [1.29, 1.82) is 5.26 Å². The predicted molar refractivity (Wildman–Crippen MR) is 97.9 cm³/mol. The SMILES string of the molecule is N#Cc1cnc2ccc3c(c2c1Nc1ccccc1CO)CCS3(=O)=O. The van der Waals surface area contributed by atoms with Crippen molar-refractivity contribution in [2.45, 2.75) is 17.9 Å². The summed E-state index contributed by atoms with van der Waals surface area (Å²) >= 11 is 0. The molecule has 0 fully saturated rings. The van der Waals surface area contributed by atoms with Gasteiger partial charge in [0.1, 0.15) is 6.07 Å². The molecule has 3 aromatic rings. The first-order valence-electron chi connectivity index (χ1n) is 8.08. The largest absolute Gasteiger partial charge is 0.392 e. The second-order valence-corrected chi connectivity index (χ2v) is 8.18. The maximum absolute atomic E-state index is 12.3. The monoisotopic (exact) mass is 365 g/mol. The molecule has 6 nitrogen and oxygen atoms in total. The lowest BCUT2D eigenvalue weighted by molar-refractivity contribution is 0.282. The Morgan fingerprint density at radius 1 is 1.23 bits per heavy atom. The van der Waals surface area contributed by atoms with Crippen molar-refractivity contribution in [2.24, 2.45) is 0 Å². The van der Waals surface area contributed by atoms with Crippen molar-refractivity contribution >= 4 is 32.1 Å². The number of aliphatic hydroxyl groups is 1. The van der Waals surface area contributed by atoms with E-state index < -0.39 is 9.84 Å². The third-order valence-electron chi connectivity index (χ3n) is 4.62. The standard InChI is InChI=1S/C19H15N3O3S/c20-9-13-10-21-16-5-6-17-14(7-8-26(17,24)25)18(16)19(13)22-15-4-2-1-3-12(15)11-23/h1-6,10,23H,7-8,11H2,(H,21,22). The molecule has 2 heterocycles.